The Hall–Kier alpha value is 0.0900. The first-order chi connectivity index (χ1) is 5.25. The minimum Gasteiger partial charge on any atom is -0.391 e. The van der Waals surface area contributed by atoms with Crippen LogP contribution in [0, 0.1) is 0 Å². The highest BCUT2D eigenvalue weighted by molar-refractivity contribution is 7.13. The van der Waals surface area contributed by atoms with Gasteiger partial charge < -0.3 is 5.11 Å². The molecule has 64 valence electrons. The molecular formula is C8H16NOP. The zero-order valence-electron chi connectivity index (χ0n) is 6.74. The summed E-state index contributed by atoms with van der Waals surface area (Å²) in [6.45, 7) is 4.75. The van der Waals surface area contributed by atoms with Gasteiger partial charge >= 0.3 is 0 Å². The Labute approximate surface area is 70.5 Å². The molecule has 0 radical (unpaired) electrons. The monoisotopic (exact) mass is 173 g/mol. The summed E-state index contributed by atoms with van der Waals surface area (Å²) in [6.07, 6.45) is 4.61. The highest BCUT2D eigenvalue weighted by Crippen LogP contribution is 2.23. The van der Waals surface area contributed by atoms with E-state index in [1.54, 1.807) is 0 Å². The van der Waals surface area contributed by atoms with Gasteiger partial charge in [0.1, 0.15) is 0 Å². The highest BCUT2D eigenvalue weighted by atomic mass is 31.0. The molecule has 0 aliphatic carbocycles. The summed E-state index contributed by atoms with van der Waals surface area (Å²) in [4.78, 5) is 0. The summed E-state index contributed by atoms with van der Waals surface area (Å²) in [6, 6.07) is 0.270. The average Bonchev–Trinajstić information content (AvgIpc) is 1.97. The summed E-state index contributed by atoms with van der Waals surface area (Å²) in [7, 11) is 2.67. The van der Waals surface area contributed by atoms with Crippen molar-refractivity contribution in [2.45, 2.75) is 31.4 Å². The van der Waals surface area contributed by atoms with Crippen LogP contribution in [0.1, 0.15) is 19.3 Å². The number of aliphatic hydroxyl groups is 1. The third-order valence-electron chi connectivity index (χ3n) is 2.19. The highest BCUT2D eigenvalue weighted by Gasteiger charge is 2.25. The third kappa shape index (κ3) is 2.26. The van der Waals surface area contributed by atoms with Crippen molar-refractivity contribution in [1.29, 1.82) is 0 Å². The molecule has 2 nitrogen and oxygen atoms in total. The maximum Gasteiger partial charge on any atom is 0.0701 e. The van der Waals surface area contributed by atoms with Gasteiger partial charge in [0.2, 0.25) is 0 Å². The first kappa shape index (κ1) is 9.18. The standard InChI is InChI=1S/C8H16NOP/c1-2-4-7-8(10)5-3-6-9(7)11/h2,7-8,10H,1,3-6,11H2/t7-,8+/m1/s1. The van der Waals surface area contributed by atoms with E-state index >= 15 is 0 Å². The van der Waals surface area contributed by atoms with Gasteiger partial charge in [-0.05, 0) is 19.3 Å². The lowest BCUT2D eigenvalue weighted by atomic mass is 9.99. The number of aliphatic hydroxyl groups excluding tert-OH is 1. The SMILES string of the molecule is C=CC[C@@H]1[C@@H](O)CCCN1P. The van der Waals surface area contributed by atoms with E-state index in [9.17, 15) is 5.11 Å². The predicted octanol–water partition coefficient (Wildman–Crippen LogP) is 1.18. The third-order valence-corrected chi connectivity index (χ3v) is 2.84. The van der Waals surface area contributed by atoms with Crippen LogP contribution in [0.3, 0.4) is 0 Å². The first-order valence-corrected chi connectivity index (χ1v) is 4.57. The van der Waals surface area contributed by atoms with Crippen LogP contribution >= 0.6 is 9.39 Å². The Balaban J connectivity index is 2.47. The van der Waals surface area contributed by atoms with Crippen molar-refractivity contribution in [2.75, 3.05) is 6.54 Å². The zero-order chi connectivity index (χ0) is 8.27. The molecule has 0 spiro atoms. The Morgan fingerprint density at radius 2 is 2.45 bits per heavy atom. The molecule has 0 aromatic rings. The number of hydrogen-bond acceptors (Lipinski definition) is 2. The van der Waals surface area contributed by atoms with Crippen molar-refractivity contribution in [3.63, 3.8) is 0 Å². The number of rotatable bonds is 2. The molecule has 3 heteroatoms. The lowest BCUT2D eigenvalue weighted by molar-refractivity contribution is 0.0585. The quantitative estimate of drug-likeness (QED) is 0.500. The van der Waals surface area contributed by atoms with Crippen LogP contribution in [0.25, 0.3) is 0 Å². The van der Waals surface area contributed by atoms with Gasteiger partial charge in [-0.2, -0.15) is 0 Å². The van der Waals surface area contributed by atoms with Gasteiger partial charge in [-0.3, -0.25) is 4.67 Å². The molecule has 1 aliphatic heterocycles. The van der Waals surface area contributed by atoms with E-state index < -0.39 is 0 Å². The fourth-order valence-electron chi connectivity index (χ4n) is 1.53. The van der Waals surface area contributed by atoms with Crippen molar-refractivity contribution in [3.05, 3.63) is 12.7 Å². The van der Waals surface area contributed by atoms with Gasteiger partial charge in [-0.25, -0.2) is 0 Å². The number of nitrogens with zero attached hydrogens (tertiary/aromatic N) is 1. The molecule has 1 unspecified atom stereocenters. The second-order valence-corrected chi connectivity index (χ2v) is 3.70. The van der Waals surface area contributed by atoms with Crippen LogP contribution in [0.5, 0.6) is 0 Å². The normalized spacial score (nSPS) is 33.6. The van der Waals surface area contributed by atoms with Gasteiger partial charge in [-0.1, -0.05) is 15.5 Å². The molecule has 1 heterocycles. The van der Waals surface area contributed by atoms with E-state index in [0.717, 1.165) is 25.8 Å². The molecule has 3 atom stereocenters. The maximum absolute atomic E-state index is 9.57. The molecular weight excluding hydrogens is 157 g/mol. The Morgan fingerprint density at radius 3 is 3.00 bits per heavy atom. The average molecular weight is 173 g/mol. The van der Waals surface area contributed by atoms with E-state index in [0.29, 0.717) is 0 Å². The second-order valence-electron chi connectivity index (χ2n) is 3.04. The summed E-state index contributed by atoms with van der Waals surface area (Å²) in [5, 5.41) is 9.57. The summed E-state index contributed by atoms with van der Waals surface area (Å²) in [5.74, 6) is 0. The van der Waals surface area contributed by atoms with E-state index in [1.807, 2.05) is 6.08 Å². The molecule has 1 N–H and O–H groups in total. The van der Waals surface area contributed by atoms with Crippen molar-refractivity contribution < 1.29 is 5.11 Å². The Kier molecular flexibility index (Phi) is 3.50. The summed E-state index contributed by atoms with van der Waals surface area (Å²) < 4.78 is 2.13. The van der Waals surface area contributed by atoms with Crippen molar-refractivity contribution in [2.24, 2.45) is 0 Å². The van der Waals surface area contributed by atoms with E-state index in [2.05, 4.69) is 20.6 Å². The molecule has 0 amide bonds. The largest absolute Gasteiger partial charge is 0.391 e. The van der Waals surface area contributed by atoms with Crippen LogP contribution in [-0.4, -0.2) is 28.5 Å². The number of hydrogen-bond donors (Lipinski definition) is 1. The first-order valence-electron chi connectivity index (χ1n) is 4.06. The second kappa shape index (κ2) is 4.20. The fourth-order valence-corrected chi connectivity index (χ4v) is 2.03. The minimum absolute atomic E-state index is 0.167. The molecule has 11 heavy (non-hydrogen) atoms. The molecule has 1 rings (SSSR count). The molecule has 0 aromatic heterocycles. The summed E-state index contributed by atoms with van der Waals surface area (Å²) in [5.41, 5.74) is 0. The van der Waals surface area contributed by atoms with Crippen molar-refractivity contribution >= 4 is 9.39 Å². The Bertz CT molecular complexity index is 130. The van der Waals surface area contributed by atoms with Crippen LogP contribution in [0.4, 0.5) is 0 Å². The lowest BCUT2D eigenvalue weighted by Crippen LogP contribution is -2.42. The van der Waals surface area contributed by atoms with Crippen LogP contribution in [-0.2, 0) is 0 Å². The van der Waals surface area contributed by atoms with E-state index in [-0.39, 0.29) is 12.1 Å². The van der Waals surface area contributed by atoms with Crippen molar-refractivity contribution in [3.8, 4) is 0 Å². The number of piperidine rings is 1. The molecule has 0 bridgehead atoms. The van der Waals surface area contributed by atoms with Crippen LogP contribution < -0.4 is 0 Å². The van der Waals surface area contributed by atoms with Crippen molar-refractivity contribution in [1.82, 2.24) is 4.67 Å². The van der Waals surface area contributed by atoms with Crippen LogP contribution in [0.2, 0.25) is 0 Å². The van der Waals surface area contributed by atoms with Gasteiger partial charge in [0.15, 0.2) is 0 Å². The maximum atomic E-state index is 9.57. The molecule has 1 aliphatic rings. The smallest absolute Gasteiger partial charge is 0.0701 e. The zero-order valence-corrected chi connectivity index (χ0v) is 7.89. The molecule has 0 saturated carbocycles. The molecule has 0 aromatic carbocycles. The fraction of sp³-hybridized carbons (Fsp3) is 0.750. The van der Waals surface area contributed by atoms with Gasteiger partial charge in [0.05, 0.1) is 6.10 Å². The van der Waals surface area contributed by atoms with Gasteiger partial charge in [0.25, 0.3) is 0 Å². The molecule has 1 fully saturated rings. The summed E-state index contributed by atoms with van der Waals surface area (Å²) >= 11 is 0. The minimum atomic E-state index is -0.167. The van der Waals surface area contributed by atoms with Gasteiger partial charge in [-0.15, -0.1) is 6.58 Å². The molecule has 1 saturated heterocycles. The van der Waals surface area contributed by atoms with Crippen LogP contribution in [0.15, 0.2) is 12.7 Å². The van der Waals surface area contributed by atoms with E-state index in [4.69, 9.17) is 0 Å². The lowest BCUT2D eigenvalue weighted by Gasteiger charge is -2.35. The Morgan fingerprint density at radius 1 is 1.73 bits per heavy atom. The predicted molar refractivity (Wildman–Crippen MR) is 50.3 cm³/mol. The van der Waals surface area contributed by atoms with E-state index in [1.165, 1.54) is 0 Å². The topological polar surface area (TPSA) is 23.5 Å². The van der Waals surface area contributed by atoms with Gasteiger partial charge in [0, 0.05) is 12.6 Å².